The number of carbonyl (C=O) groups excluding carboxylic acids is 1. The zero-order valence-corrected chi connectivity index (χ0v) is 14.5. The Bertz CT molecular complexity index is 1020. The molecule has 1 amide bonds. The number of nitrogens with one attached hydrogen (secondary N) is 1. The van der Waals surface area contributed by atoms with Crippen molar-refractivity contribution in [1.82, 2.24) is 15.0 Å². The van der Waals surface area contributed by atoms with Gasteiger partial charge in [0.2, 0.25) is 0 Å². The molecule has 1 aromatic heterocycles. The Morgan fingerprint density at radius 1 is 1.15 bits per heavy atom. The van der Waals surface area contributed by atoms with Crippen LogP contribution in [0.25, 0.3) is 11.6 Å². The Kier molecular flexibility index (Phi) is 4.37. The molecule has 26 heavy (non-hydrogen) atoms. The highest BCUT2D eigenvalue weighted by Gasteiger charge is 2.23. The third-order valence-corrected chi connectivity index (χ3v) is 4.27. The number of fused-ring (bicyclic) bond motifs is 1. The van der Waals surface area contributed by atoms with Gasteiger partial charge in [0.1, 0.15) is 5.69 Å². The van der Waals surface area contributed by atoms with Crippen LogP contribution in [0.1, 0.15) is 16.8 Å². The summed E-state index contributed by atoms with van der Waals surface area (Å²) < 4.78 is 1.78. The number of nitrogens with zero attached hydrogens (tertiary/aromatic N) is 3. The third kappa shape index (κ3) is 3.43. The van der Waals surface area contributed by atoms with E-state index in [0.717, 1.165) is 22.5 Å². The maximum Gasteiger partial charge on any atom is 0.256 e. The molecule has 128 valence electrons. The van der Waals surface area contributed by atoms with Gasteiger partial charge in [0.15, 0.2) is 0 Å². The van der Waals surface area contributed by atoms with E-state index >= 15 is 0 Å². The van der Waals surface area contributed by atoms with Gasteiger partial charge >= 0.3 is 0 Å². The summed E-state index contributed by atoms with van der Waals surface area (Å²) in [6.07, 6.45) is 7.23. The van der Waals surface area contributed by atoms with Crippen LogP contribution in [-0.4, -0.2) is 20.9 Å². The van der Waals surface area contributed by atoms with Crippen LogP contribution in [0.2, 0.25) is 5.02 Å². The molecule has 6 heteroatoms. The lowest BCUT2D eigenvalue weighted by molar-refractivity contribution is -0.110. The van der Waals surface area contributed by atoms with Gasteiger partial charge in [-0.2, -0.15) is 0 Å². The van der Waals surface area contributed by atoms with Crippen molar-refractivity contribution in [3.63, 3.8) is 0 Å². The fraction of sp³-hybridized carbons (Fsp3) is 0.0500. The molecular weight excluding hydrogens is 348 g/mol. The lowest BCUT2D eigenvalue weighted by Crippen LogP contribution is -2.03. The van der Waals surface area contributed by atoms with Crippen LogP contribution in [0.4, 0.5) is 5.69 Å². The van der Waals surface area contributed by atoms with Crippen LogP contribution < -0.4 is 5.32 Å². The summed E-state index contributed by atoms with van der Waals surface area (Å²) in [4.78, 5) is 12.1. The molecular formula is C20H15ClN4O. The highest BCUT2D eigenvalue weighted by atomic mass is 35.5. The molecule has 0 fully saturated rings. The molecule has 2 aromatic carbocycles. The van der Waals surface area contributed by atoms with E-state index in [0.29, 0.717) is 17.1 Å². The van der Waals surface area contributed by atoms with Crippen molar-refractivity contribution in [1.29, 1.82) is 0 Å². The average Bonchev–Trinajstić information content (AvgIpc) is 3.20. The number of hydrogen-bond acceptors (Lipinski definition) is 3. The lowest BCUT2D eigenvalue weighted by Gasteiger charge is -1.98. The van der Waals surface area contributed by atoms with Crippen molar-refractivity contribution >= 4 is 34.8 Å². The van der Waals surface area contributed by atoms with Gasteiger partial charge in [-0.1, -0.05) is 53.2 Å². The Hall–Kier alpha value is -3.18. The van der Waals surface area contributed by atoms with Gasteiger partial charge in [0.25, 0.3) is 5.91 Å². The number of rotatable bonds is 4. The van der Waals surface area contributed by atoms with Crippen molar-refractivity contribution in [3.05, 3.63) is 88.7 Å². The number of halogens is 1. The fourth-order valence-corrected chi connectivity index (χ4v) is 2.98. The summed E-state index contributed by atoms with van der Waals surface area (Å²) in [6, 6.07) is 15.4. The first-order valence-corrected chi connectivity index (χ1v) is 8.50. The summed E-state index contributed by atoms with van der Waals surface area (Å²) in [7, 11) is 0. The highest BCUT2D eigenvalue weighted by molar-refractivity contribution is 6.34. The summed E-state index contributed by atoms with van der Waals surface area (Å²) >= 11 is 6.03. The number of anilines is 1. The highest BCUT2D eigenvalue weighted by Crippen LogP contribution is 2.33. The van der Waals surface area contributed by atoms with E-state index in [2.05, 4.69) is 15.6 Å². The second kappa shape index (κ2) is 6.98. The minimum absolute atomic E-state index is 0.139. The molecule has 0 spiro atoms. The molecule has 0 bridgehead atoms. The first-order valence-electron chi connectivity index (χ1n) is 8.13. The second-order valence-electron chi connectivity index (χ2n) is 5.91. The maximum absolute atomic E-state index is 12.1. The van der Waals surface area contributed by atoms with Crippen LogP contribution >= 0.6 is 11.6 Å². The number of allylic oxidation sites excluding steroid dienone is 2. The first kappa shape index (κ1) is 16.3. The molecule has 1 aliphatic rings. The van der Waals surface area contributed by atoms with Gasteiger partial charge in [0.05, 0.1) is 12.7 Å². The summed E-state index contributed by atoms with van der Waals surface area (Å²) in [6.45, 7) is 0.664. The summed E-state index contributed by atoms with van der Waals surface area (Å²) in [5.41, 5.74) is 4.04. The lowest BCUT2D eigenvalue weighted by atomic mass is 10.1. The largest absolute Gasteiger partial charge is 0.321 e. The normalized spacial score (nSPS) is 14.8. The van der Waals surface area contributed by atoms with Crippen LogP contribution in [0.5, 0.6) is 0 Å². The molecule has 0 saturated heterocycles. The zero-order valence-electron chi connectivity index (χ0n) is 13.8. The maximum atomic E-state index is 12.1. The number of benzene rings is 2. The molecule has 5 nitrogen and oxygen atoms in total. The van der Waals surface area contributed by atoms with E-state index in [4.69, 9.17) is 11.6 Å². The van der Waals surface area contributed by atoms with Gasteiger partial charge in [-0.15, -0.1) is 5.10 Å². The predicted octanol–water partition coefficient (Wildman–Crippen LogP) is 4.03. The summed E-state index contributed by atoms with van der Waals surface area (Å²) in [5.74, 6) is -0.139. The van der Waals surface area contributed by atoms with Crippen molar-refractivity contribution < 1.29 is 4.79 Å². The molecule has 1 aliphatic heterocycles. The molecule has 0 unspecified atom stereocenters. The van der Waals surface area contributed by atoms with E-state index in [1.165, 1.54) is 0 Å². The first-order chi connectivity index (χ1) is 12.7. The fourth-order valence-electron chi connectivity index (χ4n) is 2.81. The Morgan fingerprint density at radius 2 is 2.00 bits per heavy atom. The van der Waals surface area contributed by atoms with E-state index < -0.39 is 0 Å². The van der Waals surface area contributed by atoms with Gasteiger partial charge in [-0.05, 0) is 35.9 Å². The van der Waals surface area contributed by atoms with E-state index in [1.54, 1.807) is 35.0 Å². The smallest absolute Gasteiger partial charge is 0.256 e. The minimum atomic E-state index is -0.139. The van der Waals surface area contributed by atoms with Gasteiger partial charge in [0, 0.05) is 21.8 Å². The van der Waals surface area contributed by atoms with Crippen molar-refractivity contribution in [2.75, 3.05) is 5.32 Å². The van der Waals surface area contributed by atoms with Crippen molar-refractivity contribution in [2.45, 2.75) is 6.54 Å². The van der Waals surface area contributed by atoms with Gasteiger partial charge < -0.3 is 5.32 Å². The monoisotopic (exact) mass is 362 g/mol. The number of amides is 1. The van der Waals surface area contributed by atoms with E-state index in [9.17, 15) is 4.79 Å². The summed E-state index contributed by atoms with van der Waals surface area (Å²) in [5, 5.41) is 11.7. The minimum Gasteiger partial charge on any atom is -0.321 e. The molecule has 2 heterocycles. The molecule has 0 saturated carbocycles. The average molecular weight is 363 g/mol. The van der Waals surface area contributed by atoms with Gasteiger partial charge in [-0.25, -0.2) is 4.68 Å². The topological polar surface area (TPSA) is 59.8 Å². The Balaban J connectivity index is 1.50. The molecule has 0 radical (unpaired) electrons. The van der Waals surface area contributed by atoms with Crippen molar-refractivity contribution in [3.8, 4) is 0 Å². The SMILES string of the molecule is O=C1Nc2ccc(Cl)cc2/C1=C/C=C/c1cn(Cc2ccccc2)nn1. The molecule has 0 atom stereocenters. The molecule has 4 rings (SSSR count). The zero-order chi connectivity index (χ0) is 17.9. The van der Waals surface area contributed by atoms with Gasteiger partial charge in [-0.3, -0.25) is 4.79 Å². The quantitative estimate of drug-likeness (QED) is 0.713. The Morgan fingerprint density at radius 3 is 2.85 bits per heavy atom. The molecule has 1 N–H and O–H groups in total. The number of aromatic nitrogens is 3. The third-order valence-electron chi connectivity index (χ3n) is 4.04. The van der Waals surface area contributed by atoms with Crippen LogP contribution in [0.3, 0.4) is 0 Å². The number of carbonyl (C=O) groups is 1. The van der Waals surface area contributed by atoms with E-state index in [-0.39, 0.29) is 5.91 Å². The molecule has 3 aromatic rings. The van der Waals surface area contributed by atoms with E-state index in [1.807, 2.05) is 42.6 Å². The van der Waals surface area contributed by atoms with Crippen LogP contribution in [-0.2, 0) is 11.3 Å². The second-order valence-corrected chi connectivity index (χ2v) is 6.35. The van der Waals surface area contributed by atoms with Crippen LogP contribution in [0.15, 0.2) is 66.9 Å². The molecule has 0 aliphatic carbocycles. The van der Waals surface area contributed by atoms with Crippen LogP contribution in [0, 0.1) is 0 Å². The van der Waals surface area contributed by atoms with Crippen molar-refractivity contribution in [2.24, 2.45) is 0 Å². The number of hydrogen-bond donors (Lipinski definition) is 1. The predicted molar refractivity (Wildman–Crippen MR) is 103 cm³/mol. The Labute approximate surface area is 155 Å². The standard InChI is InChI=1S/C20H15ClN4O/c21-15-9-10-19-18(11-15)17(20(26)22-19)8-4-7-16-13-25(24-23-16)12-14-5-2-1-3-6-14/h1-11,13H,12H2,(H,22,26)/b7-4+,17-8-.